The molecule has 0 fully saturated rings. The molecule has 70 valence electrons. The molecule has 14 heavy (non-hydrogen) atoms. The Kier molecular flexibility index (Phi) is 2.92. The molecular formula is C9H7BO4. The van der Waals surface area contributed by atoms with Crippen molar-refractivity contribution >= 4 is 18.6 Å². The number of hydrogen-bond donors (Lipinski definition) is 3. The van der Waals surface area contributed by atoms with Gasteiger partial charge in [-0.3, -0.25) is 0 Å². The molecule has 1 rings (SSSR count). The first kappa shape index (κ1) is 10.3. The second kappa shape index (κ2) is 3.96. The van der Waals surface area contributed by atoms with Crippen LogP contribution in [0.2, 0.25) is 0 Å². The molecule has 0 aliphatic rings. The zero-order valence-electron chi connectivity index (χ0n) is 7.14. The van der Waals surface area contributed by atoms with Crippen molar-refractivity contribution in [2.24, 2.45) is 0 Å². The molecule has 0 unspecified atom stereocenters. The van der Waals surface area contributed by atoms with Gasteiger partial charge in [0.15, 0.2) is 0 Å². The van der Waals surface area contributed by atoms with Gasteiger partial charge in [-0.05, 0) is 23.7 Å². The summed E-state index contributed by atoms with van der Waals surface area (Å²) >= 11 is 0. The van der Waals surface area contributed by atoms with Crippen LogP contribution in [-0.2, 0) is 0 Å². The minimum Gasteiger partial charge on any atom is -0.478 e. The summed E-state index contributed by atoms with van der Waals surface area (Å²) < 4.78 is 0. The molecule has 1 aromatic carbocycles. The number of benzene rings is 1. The van der Waals surface area contributed by atoms with Gasteiger partial charge in [0.25, 0.3) is 0 Å². The number of rotatable bonds is 2. The Morgan fingerprint density at radius 3 is 2.43 bits per heavy atom. The number of terminal acetylenes is 1. The van der Waals surface area contributed by atoms with Crippen LogP contribution in [0.1, 0.15) is 15.9 Å². The molecule has 5 heteroatoms. The van der Waals surface area contributed by atoms with Crippen molar-refractivity contribution in [3.63, 3.8) is 0 Å². The smallest absolute Gasteiger partial charge is 0.478 e. The van der Waals surface area contributed by atoms with E-state index in [0.29, 0.717) is 5.56 Å². The van der Waals surface area contributed by atoms with Crippen molar-refractivity contribution in [1.82, 2.24) is 0 Å². The third-order valence-corrected chi connectivity index (χ3v) is 1.67. The second-order valence-electron chi connectivity index (χ2n) is 2.67. The molecule has 0 saturated carbocycles. The maximum absolute atomic E-state index is 10.6. The Bertz CT molecular complexity index is 406. The first-order valence-corrected chi connectivity index (χ1v) is 3.75. The average Bonchev–Trinajstić information content (AvgIpc) is 2.16. The lowest BCUT2D eigenvalue weighted by atomic mass is 9.78. The number of aromatic carboxylic acids is 1. The first-order chi connectivity index (χ1) is 6.54. The molecule has 1 aromatic rings. The highest BCUT2D eigenvalue weighted by molar-refractivity contribution is 6.58. The van der Waals surface area contributed by atoms with Crippen LogP contribution in [0.4, 0.5) is 0 Å². The minimum absolute atomic E-state index is 0.0662. The molecule has 0 bridgehead atoms. The van der Waals surface area contributed by atoms with E-state index in [-0.39, 0.29) is 11.0 Å². The molecular weight excluding hydrogens is 183 g/mol. The lowest BCUT2D eigenvalue weighted by Gasteiger charge is -2.02. The van der Waals surface area contributed by atoms with Crippen molar-refractivity contribution in [2.75, 3.05) is 0 Å². The Morgan fingerprint density at radius 2 is 2.00 bits per heavy atom. The predicted molar refractivity (Wildman–Crippen MR) is 51.2 cm³/mol. The van der Waals surface area contributed by atoms with Crippen molar-refractivity contribution in [3.8, 4) is 12.3 Å². The number of carboxylic acid groups (broad SMARTS) is 1. The fourth-order valence-corrected chi connectivity index (χ4v) is 1.01. The zero-order chi connectivity index (χ0) is 10.7. The monoisotopic (exact) mass is 190 g/mol. The van der Waals surface area contributed by atoms with E-state index in [4.69, 9.17) is 21.6 Å². The molecule has 0 spiro atoms. The van der Waals surface area contributed by atoms with Crippen LogP contribution in [0.5, 0.6) is 0 Å². The summed E-state index contributed by atoms with van der Waals surface area (Å²) in [4.78, 5) is 10.6. The van der Waals surface area contributed by atoms with E-state index in [1.54, 1.807) is 0 Å². The van der Waals surface area contributed by atoms with Crippen LogP contribution >= 0.6 is 0 Å². The van der Waals surface area contributed by atoms with E-state index in [1.807, 2.05) is 0 Å². The summed E-state index contributed by atoms with van der Waals surface area (Å²) in [6, 6.07) is 3.79. The Balaban J connectivity index is 3.29. The van der Waals surface area contributed by atoms with Crippen LogP contribution in [0, 0.1) is 12.3 Å². The van der Waals surface area contributed by atoms with Crippen LogP contribution in [0.3, 0.4) is 0 Å². The molecule has 0 aliphatic heterocycles. The Labute approximate surface area is 81.0 Å². The quantitative estimate of drug-likeness (QED) is 0.414. The summed E-state index contributed by atoms with van der Waals surface area (Å²) in [7, 11) is -1.72. The van der Waals surface area contributed by atoms with Gasteiger partial charge in [0, 0.05) is 5.56 Å². The maximum Gasteiger partial charge on any atom is 0.488 e. The van der Waals surface area contributed by atoms with Crippen molar-refractivity contribution < 1.29 is 19.9 Å². The van der Waals surface area contributed by atoms with E-state index in [0.717, 1.165) is 6.07 Å². The fraction of sp³-hybridized carbons (Fsp3) is 0. The van der Waals surface area contributed by atoms with Gasteiger partial charge in [0.05, 0.1) is 5.56 Å². The normalized spacial score (nSPS) is 9.21. The molecule has 3 N–H and O–H groups in total. The Hall–Kier alpha value is -1.77. The van der Waals surface area contributed by atoms with Crippen LogP contribution in [0.25, 0.3) is 0 Å². The molecule has 4 nitrogen and oxygen atoms in total. The zero-order valence-corrected chi connectivity index (χ0v) is 7.14. The molecule has 0 radical (unpaired) electrons. The number of hydrogen-bond acceptors (Lipinski definition) is 3. The van der Waals surface area contributed by atoms with Gasteiger partial charge in [0.1, 0.15) is 0 Å². The lowest BCUT2D eigenvalue weighted by molar-refractivity contribution is 0.0697. The summed E-state index contributed by atoms with van der Waals surface area (Å²) in [6.45, 7) is 0. The molecule has 0 atom stereocenters. The van der Waals surface area contributed by atoms with Gasteiger partial charge >= 0.3 is 13.1 Å². The predicted octanol–water partition coefficient (Wildman–Crippen LogP) is -0.954. The van der Waals surface area contributed by atoms with Gasteiger partial charge in [-0.25, -0.2) is 4.79 Å². The standard InChI is InChI=1S/C9H7BO4/c1-2-6-3-7(9(11)12)5-8(4-6)10(13)14/h1,3-5,13-14H,(H,11,12). The van der Waals surface area contributed by atoms with Crippen molar-refractivity contribution in [2.45, 2.75) is 0 Å². The van der Waals surface area contributed by atoms with Crippen LogP contribution < -0.4 is 5.46 Å². The van der Waals surface area contributed by atoms with Crippen LogP contribution in [-0.4, -0.2) is 28.2 Å². The molecule has 0 aromatic heterocycles. The average molecular weight is 190 g/mol. The number of carbonyl (C=O) groups is 1. The van der Waals surface area contributed by atoms with Crippen molar-refractivity contribution in [1.29, 1.82) is 0 Å². The summed E-state index contributed by atoms with van der Waals surface area (Å²) in [5, 5.41) is 26.4. The highest BCUT2D eigenvalue weighted by Gasteiger charge is 2.14. The lowest BCUT2D eigenvalue weighted by Crippen LogP contribution is -2.30. The van der Waals surface area contributed by atoms with E-state index in [2.05, 4.69) is 5.92 Å². The van der Waals surface area contributed by atoms with E-state index in [9.17, 15) is 4.79 Å². The summed E-state index contributed by atoms with van der Waals surface area (Å²) in [6.07, 6.45) is 5.08. The molecule has 0 saturated heterocycles. The largest absolute Gasteiger partial charge is 0.488 e. The van der Waals surface area contributed by atoms with Gasteiger partial charge < -0.3 is 15.2 Å². The topological polar surface area (TPSA) is 77.8 Å². The minimum atomic E-state index is -1.72. The van der Waals surface area contributed by atoms with Gasteiger partial charge in [-0.15, -0.1) is 6.42 Å². The van der Waals surface area contributed by atoms with E-state index in [1.165, 1.54) is 12.1 Å². The molecule has 0 heterocycles. The summed E-state index contributed by atoms with van der Waals surface area (Å²) in [5.74, 6) is 1.07. The van der Waals surface area contributed by atoms with Crippen LogP contribution in [0.15, 0.2) is 18.2 Å². The third kappa shape index (κ3) is 2.13. The molecule has 0 amide bonds. The van der Waals surface area contributed by atoms with Gasteiger partial charge in [-0.2, -0.15) is 0 Å². The van der Waals surface area contributed by atoms with Crippen molar-refractivity contribution in [3.05, 3.63) is 29.3 Å². The fourth-order valence-electron chi connectivity index (χ4n) is 1.01. The Morgan fingerprint density at radius 1 is 1.36 bits per heavy atom. The highest BCUT2D eigenvalue weighted by Crippen LogP contribution is 2.02. The van der Waals surface area contributed by atoms with E-state index < -0.39 is 13.1 Å². The SMILES string of the molecule is C#Cc1cc(B(O)O)cc(C(=O)O)c1. The van der Waals surface area contributed by atoms with Gasteiger partial charge in [-0.1, -0.05) is 5.92 Å². The highest BCUT2D eigenvalue weighted by atomic mass is 16.4. The number of carboxylic acids is 1. The molecule has 0 aliphatic carbocycles. The third-order valence-electron chi connectivity index (χ3n) is 1.67. The van der Waals surface area contributed by atoms with E-state index >= 15 is 0 Å². The second-order valence-corrected chi connectivity index (χ2v) is 2.67. The first-order valence-electron chi connectivity index (χ1n) is 3.75. The maximum atomic E-state index is 10.6. The summed E-state index contributed by atoms with van der Waals surface area (Å²) in [5.41, 5.74) is 0.300. The van der Waals surface area contributed by atoms with Gasteiger partial charge in [0.2, 0.25) is 0 Å².